The molecular formula is C12H14ClNO5S2. The summed E-state index contributed by atoms with van der Waals surface area (Å²) >= 11 is 0. The third-order valence-electron chi connectivity index (χ3n) is 3.81. The molecule has 2 heterocycles. The van der Waals surface area contributed by atoms with E-state index >= 15 is 0 Å². The molecule has 1 aromatic rings. The van der Waals surface area contributed by atoms with E-state index in [4.69, 9.17) is 15.4 Å². The van der Waals surface area contributed by atoms with Gasteiger partial charge in [-0.3, -0.25) is 0 Å². The summed E-state index contributed by atoms with van der Waals surface area (Å²) in [5.41, 5.74) is 0. The predicted octanol–water partition coefficient (Wildman–Crippen LogP) is 1.21. The number of ether oxygens (including phenoxy) is 1. The highest BCUT2D eigenvalue weighted by molar-refractivity contribution is 8.13. The van der Waals surface area contributed by atoms with E-state index in [2.05, 4.69) is 4.72 Å². The molecule has 0 aliphatic carbocycles. The molecule has 0 spiro atoms. The maximum Gasteiger partial charge on any atom is 0.261 e. The van der Waals surface area contributed by atoms with E-state index in [9.17, 15) is 16.8 Å². The number of hydrogen-bond donors (Lipinski definition) is 1. The molecule has 2 aliphatic rings. The van der Waals surface area contributed by atoms with Crippen molar-refractivity contribution >= 4 is 29.8 Å². The minimum Gasteiger partial charge on any atom is -0.373 e. The number of sulfonamides is 1. The van der Waals surface area contributed by atoms with Crippen molar-refractivity contribution in [2.24, 2.45) is 0 Å². The van der Waals surface area contributed by atoms with Crippen LogP contribution in [0.4, 0.5) is 0 Å². The van der Waals surface area contributed by atoms with Gasteiger partial charge in [0, 0.05) is 10.7 Å². The molecule has 116 valence electrons. The molecule has 2 fully saturated rings. The van der Waals surface area contributed by atoms with Gasteiger partial charge in [-0.05, 0) is 37.5 Å². The number of halogens is 1. The zero-order valence-electron chi connectivity index (χ0n) is 10.9. The van der Waals surface area contributed by atoms with Crippen LogP contribution < -0.4 is 4.72 Å². The third-order valence-corrected chi connectivity index (χ3v) is 6.65. The van der Waals surface area contributed by atoms with E-state index in [0.29, 0.717) is 6.42 Å². The van der Waals surface area contributed by atoms with E-state index in [-0.39, 0.29) is 28.0 Å². The number of fused-ring (bicyclic) bond motifs is 2. The molecular weight excluding hydrogens is 338 g/mol. The Balaban J connectivity index is 1.85. The Bertz CT molecular complexity index is 762. The van der Waals surface area contributed by atoms with Gasteiger partial charge in [0.25, 0.3) is 9.05 Å². The lowest BCUT2D eigenvalue weighted by atomic mass is 9.96. The van der Waals surface area contributed by atoms with Crippen LogP contribution >= 0.6 is 10.7 Å². The van der Waals surface area contributed by atoms with Crippen molar-refractivity contribution in [3.63, 3.8) is 0 Å². The zero-order valence-corrected chi connectivity index (χ0v) is 13.3. The quantitative estimate of drug-likeness (QED) is 0.823. The fourth-order valence-electron chi connectivity index (χ4n) is 2.82. The summed E-state index contributed by atoms with van der Waals surface area (Å²) in [6, 6.07) is 4.73. The molecule has 0 saturated carbocycles. The Kier molecular flexibility index (Phi) is 3.77. The van der Waals surface area contributed by atoms with Crippen LogP contribution in [0.1, 0.15) is 19.3 Å². The van der Waals surface area contributed by atoms with Gasteiger partial charge in [-0.1, -0.05) is 6.07 Å². The molecule has 2 saturated heterocycles. The van der Waals surface area contributed by atoms with Crippen molar-refractivity contribution in [3.05, 3.63) is 24.3 Å². The number of benzene rings is 1. The number of rotatable bonds is 4. The Morgan fingerprint density at radius 1 is 1.14 bits per heavy atom. The molecule has 3 unspecified atom stereocenters. The summed E-state index contributed by atoms with van der Waals surface area (Å²) in [7, 11) is -2.53. The monoisotopic (exact) mass is 351 g/mol. The first-order chi connectivity index (χ1) is 9.75. The molecule has 9 heteroatoms. The van der Waals surface area contributed by atoms with Crippen LogP contribution in [0, 0.1) is 0 Å². The first kappa shape index (κ1) is 15.2. The van der Waals surface area contributed by atoms with E-state index in [1.165, 1.54) is 18.2 Å². The van der Waals surface area contributed by atoms with Crippen LogP contribution in [-0.2, 0) is 23.8 Å². The first-order valence-corrected chi connectivity index (χ1v) is 10.3. The lowest BCUT2D eigenvalue weighted by Gasteiger charge is -2.20. The largest absolute Gasteiger partial charge is 0.373 e. The van der Waals surface area contributed by atoms with Crippen LogP contribution in [0.5, 0.6) is 0 Å². The minimum atomic E-state index is -3.97. The smallest absolute Gasteiger partial charge is 0.261 e. The lowest BCUT2D eigenvalue weighted by Crippen LogP contribution is -2.41. The average Bonchev–Trinajstić information content (AvgIpc) is 2.99. The highest BCUT2D eigenvalue weighted by Gasteiger charge is 2.42. The van der Waals surface area contributed by atoms with Gasteiger partial charge >= 0.3 is 0 Å². The second kappa shape index (κ2) is 5.20. The molecule has 0 radical (unpaired) electrons. The van der Waals surface area contributed by atoms with Crippen LogP contribution in [-0.4, -0.2) is 35.1 Å². The molecule has 0 aromatic heterocycles. The highest BCUT2D eigenvalue weighted by atomic mass is 35.7. The van der Waals surface area contributed by atoms with Crippen molar-refractivity contribution in [1.82, 2.24) is 4.72 Å². The van der Waals surface area contributed by atoms with Crippen molar-refractivity contribution in [3.8, 4) is 0 Å². The SMILES string of the molecule is O=S(=O)(Cl)c1cccc(S(=O)(=O)NC2CC3CCC2O3)c1. The molecule has 21 heavy (non-hydrogen) atoms. The van der Waals surface area contributed by atoms with Gasteiger partial charge < -0.3 is 4.74 Å². The second-order valence-electron chi connectivity index (χ2n) is 5.25. The maximum atomic E-state index is 12.3. The summed E-state index contributed by atoms with van der Waals surface area (Å²) < 4.78 is 55.5. The van der Waals surface area contributed by atoms with E-state index in [1.54, 1.807) is 0 Å². The number of nitrogens with one attached hydrogen (secondary N) is 1. The molecule has 2 aliphatic heterocycles. The Morgan fingerprint density at radius 3 is 2.43 bits per heavy atom. The van der Waals surface area contributed by atoms with Crippen LogP contribution in [0.3, 0.4) is 0 Å². The normalized spacial score (nSPS) is 28.9. The molecule has 1 aromatic carbocycles. The molecule has 2 bridgehead atoms. The molecule has 6 nitrogen and oxygen atoms in total. The molecule has 3 atom stereocenters. The minimum absolute atomic E-state index is 0.0929. The third kappa shape index (κ3) is 3.09. The van der Waals surface area contributed by atoms with Gasteiger partial charge in [0.1, 0.15) is 0 Å². The van der Waals surface area contributed by atoms with Crippen LogP contribution in [0.15, 0.2) is 34.1 Å². The molecule has 3 rings (SSSR count). The second-order valence-corrected chi connectivity index (χ2v) is 9.53. The number of hydrogen-bond acceptors (Lipinski definition) is 5. The van der Waals surface area contributed by atoms with Gasteiger partial charge in [-0.25, -0.2) is 21.6 Å². The van der Waals surface area contributed by atoms with Gasteiger partial charge in [0.15, 0.2) is 0 Å². The van der Waals surface area contributed by atoms with Crippen molar-refractivity contribution < 1.29 is 21.6 Å². The fraction of sp³-hybridized carbons (Fsp3) is 0.500. The molecule has 1 N–H and O–H groups in total. The van der Waals surface area contributed by atoms with Gasteiger partial charge in [-0.15, -0.1) is 0 Å². The lowest BCUT2D eigenvalue weighted by molar-refractivity contribution is 0.0996. The summed E-state index contributed by atoms with van der Waals surface area (Å²) in [6.45, 7) is 0. The van der Waals surface area contributed by atoms with Crippen LogP contribution in [0.25, 0.3) is 0 Å². The Morgan fingerprint density at radius 2 is 1.86 bits per heavy atom. The van der Waals surface area contributed by atoms with Crippen molar-refractivity contribution in [1.29, 1.82) is 0 Å². The van der Waals surface area contributed by atoms with Gasteiger partial charge in [0.05, 0.1) is 28.0 Å². The Hall–Kier alpha value is -0.670. The van der Waals surface area contributed by atoms with Gasteiger partial charge in [0.2, 0.25) is 10.0 Å². The zero-order chi connectivity index (χ0) is 15.3. The van der Waals surface area contributed by atoms with Crippen molar-refractivity contribution in [2.45, 2.75) is 47.3 Å². The summed E-state index contributed by atoms with van der Waals surface area (Å²) in [4.78, 5) is -0.358. The average molecular weight is 352 g/mol. The van der Waals surface area contributed by atoms with E-state index < -0.39 is 19.1 Å². The summed E-state index contributed by atoms with van der Waals surface area (Å²) in [5, 5.41) is 0. The molecule has 0 amide bonds. The van der Waals surface area contributed by atoms with E-state index in [1.807, 2.05) is 0 Å². The summed E-state index contributed by atoms with van der Waals surface area (Å²) in [5.74, 6) is 0. The highest BCUT2D eigenvalue weighted by Crippen LogP contribution is 2.35. The predicted molar refractivity (Wildman–Crippen MR) is 76.1 cm³/mol. The van der Waals surface area contributed by atoms with Crippen molar-refractivity contribution in [2.75, 3.05) is 0 Å². The van der Waals surface area contributed by atoms with E-state index in [0.717, 1.165) is 18.9 Å². The van der Waals surface area contributed by atoms with Gasteiger partial charge in [-0.2, -0.15) is 0 Å². The topological polar surface area (TPSA) is 89.5 Å². The maximum absolute atomic E-state index is 12.3. The first-order valence-electron chi connectivity index (χ1n) is 6.48. The standard InChI is InChI=1S/C12H14ClNO5S2/c13-20(15,16)9-2-1-3-10(7-9)21(17,18)14-11-6-8-4-5-12(11)19-8/h1-3,7-8,11-12,14H,4-6H2. The van der Waals surface area contributed by atoms with Crippen LogP contribution in [0.2, 0.25) is 0 Å². The summed E-state index contributed by atoms with van der Waals surface area (Å²) in [6.07, 6.45) is 2.48. The fourth-order valence-corrected chi connectivity index (χ4v) is 5.02. The Labute approximate surface area is 127 Å².